The molecule has 4 N–H and O–H groups in total. The molecular weight excluding hydrogens is 250 g/mol. The maximum absolute atomic E-state index is 9.74. The van der Waals surface area contributed by atoms with Crippen LogP contribution in [0.25, 0.3) is 11.2 Å². The van der Waals surface area contributed by atoms with Crippen molar-refractivity contribution in [2.24, 2.45) is 0 Å². The average molecular weight is 267 g/mol. The highest BCUT2D eigenvalue weighted by Crippen LogP contribution is 2.22. The molecule has 2 aromatic rings. The summed E-state index contributed by atoms with van der Waals surface area (Å²) in [6.07, 6.45) is 2.44. The van der Waals surface area contributed by atoms with Gasteiger partial charge in [-0.15, -0.1) is 0 Å². The fraction of sp³-hybridized carbons (Fsp3) is 0.545. The van der Waals surface area contributed by atoms with Crippen molar-refractivity contribution in [3.05, 3.63) is 12.7 Å². The SMILES string of the molecule is CO[C@H](C[C@H](O)CCO)n1cnc2c(N)ncnc21. The molecule has 0 aliphatic carbocycles. The van der Waals surface area contributed by atoms with E-state index in [0.29, 0.717) is 29.8 Å². The number of anilines is 1. The zero-order valence-corrected chi connectivity index (χ0v) is 10.6. The molecule has 19 heavy (non-hydrogen) atoms. The van der Waals surface area contributed by atoms with Gasteiger partial charge in [-0.05, 0) is 6.42 Å². The van der Waals surface area contributed by atoms with Gasteiger partial charge in [0.05, 0.1) is 12.4 Å². The van der Waals surface area contributed by atoms with E-state index in [2.05, 4.69) is 15.0 Å². The first-order chi connectivity index (χ1) is 9.17. The molecule has 0 aromatic carbocycles. The lowest BCUT2D eigenvalue weighted by Crippen LogP contribution is -2.19. The van der Waals surface area contributed by atoms with Crippen LogP contribution >= 0.6 is 0 Å². The molecule has 2 rings (SSSR count). The number of hydrogen-bond acceptors (Lipinski definition) is 7. The summed E-state index contributed by atoms with van der Waals surface area (Å²) in [4.78, 5) is 12.1. The van der Waals surface area contributed by atoms with Gasteiger partial charge in [-0.25, -0.2) is 15.0 Å². The van der Waals surface area contributed by atoms with Crippen LogP contribution < -0.4 is 5.73 Å². The third kappa shape index (κ3) is 2.80. The highest BCUT2D eigenvalue weighted by atomic mass is 16.5. The molecule has 8 nitrogen and oxygen atoms in total. The summed E-state index contributed by atoms with van der Waals surface area (Å²) >= 11 is 0. The molecule has 0 aliphatic rings. The molecule has 0 amide bonds. The van der Waals surface area contributed by atoms with E-state index in [1.165, 1.54) is 13.4 Å². The minimum absolute atomic E-state index is 0.0720. The van der Waals surface area contributed by atoms with Gasteiger partial charge in [-0.1, -0.05) is 0 Å². The number of nitrogen functional groups attached to an aromatic ring is 1. The van der Waals surface area contributed by atoms with E-state index in [9.17, 15) is 5.11 Å². The maximum Gasteiger partial charge on any atom is 0.167 e. The van der Waals surface area contributed by atoms with Crippen LogP contribution in [0.4, 0.5) is 5.82 Å². The van der Waals surface area contributed by atoms with Crippen LogP contribution in [0.3, 0.4) is 0 Å². The Balaban J connectivity index is 2.28. The van der Waals surface area contributed by atoms with Crippen molar-refractivity contribution in [2.75, 3.05) is 19.5 Å². The standard InChI is InChI=1S/C11H17N5O3/c1-19-8(4-7(18)2-3-17)16-6-15-9-10(12)13-5-14-11(9)16/h5-8,17-18H,2-4H2,1H3,(H2,12,13,14)/t7-,8-/m1/s1. The minimum Gasteiger partial charge on any atom is -0.396 e. The molecule has 2 heterocycles. The minimum atomic E-state index is -0.661. The summed E-state index contributed by atoms with van der Waals surface area (Å²) in [6, 6.07) is 0. The van der Waals surface area contributed by atoms with Gasteiger partial charge in [0.15, 0.2) is 11.5 Å². The molecule has 8 heteroatoms. The molecule has 0 radical (unpaired) electrons. The fourth-order valence-electron chi connectivity index (χ4n) is 1.90. The lowest BCUT2D eigenvalue weighted by molar-refractivity contribution is -0.00440. The molecular formula is C11H17N5O3. The molecule has 104 valence electrons. The van der Waals surface area contributed by atoms with Crippen LogP contribution in [0, 0.1) is 0 Å². The second-order valence-corrected chi connectivity index (χ2v) is 4.18. The first kappa shape index (κ1) is 13.7. The van der Waals surface area contributed by atoms with E-state index in [4.69, 9.17) is 15.6 Å². The van der Waals surface area contributed by atoms with Crippen molar-refractivity contribution in [3.8, 4) is 0 Å². The second kappa shape index (κ2) is 5.91. The number of nitrogens with two attached hydrogens (primary N) is 1. The Hall–Kier alpha value is -1.77. The van der Waals surface area contributed by atoms with Gasteiger partial charge in [-0.2, -0.15) is 0 Å². The van der Waals surface area contributed by atoms with Gasteiger partial charge in [0.2, 0.25) is 0 Å². The number of aromatic nitrogens is 4. The normalized spacial score (nSPS) is 14.7. The highest BCUT2D eigenvalue weighted by Gasteiger charge is 2.19. The predicted octanol–water partition coefficient (Wildman–Crippen LogP) is -0.313. The molecule has 2 aromatic heterocycles. The maximum atomic E-state index is 9.74. The summed E-state index contributed by atoms with van der Waals surface area (Å²) < 4.78 is 7.03. The topological polar surface area (TPSA) is 119 Å². The average Bonchev–Trinajstić information content (AvgIpc) is 2.81. The smallest absolute Gasteiger partial charge is 0.167 e. The Morgan fingerprint density at radius 3 is 2.89 bits per heavy atom. The molecule has 0 saturated heterocycles. The van der Waals surface area contributed by atoms with Crippen molar-refractivity contribution in [3.63, 3.8) is 0 Å². The van der Waals surface area contributed by atoms with Crippen molar-refractivity contribution in [2.45, 2.75) is 25.2 Å². The third-order valence-corrected chi connectivity index (χ3v) is 2.91. The first-order valence-electron chi connectivity index (χ1n) is 5.92. The Morgan fingerprint density at radius 2 is 2.21 bits per heavy atom. The molecule has 0 aliphatic heterocycles. The number of rotatable bonds is 6. The van der Waals surface area contributed by atoms with Crippen molar-refractivity contribution in [1.29, 1.82) is 0 Å². The van der Waals surface area contributed by atoms with Crippen LogP contribution in [-0.2, 0) is 4.74 Å². The van der Waals surface area contributed by atoms with E-state index in [0.717, 1.165) is 0 Å². The number of ether oxygens (including phenoxy) is 1. The molecule has 0 spiro atoms. The zero-order valence-electron chi connectivity index (χ0n) is 10.6. The van der Waals surface area contributed by atoms with E-state index >= 15 is 0 Å². The monoisotopic (exact) mass is 267 g/mol. The van der Waals surface area contributed by atoms with Crippen molar-refractivity contribution >= 4 is 17.0 Å². The number of aliphatic hydroxyl groups is 2. The summed E-state index contributed by atoms with van der Waals surface area (Å²) in [5.74, 6) is 0.300. The van der Waals surface area contributed by atoms with Gasteiger partial charge in [-0.3, -0.25) is 4.57 Å². The van der Waals surface area contributed by atoms with Crippen LogP contribution in [0.5, 0.6) is 0 Å². The number of fused-ring (bicyclic) bond motifs is 1. The second-order valence-electron chi connectivity index (χ2n) is 4.18. The summed E-state index contributed by atoms with van der Waals surface area (Å²) in [6.45, 7) is -0.0720. The van der Waals surface area contributed by atoms with E-state index in [-0.39, 0.29) is 6.61 Å². The van der Waals surface area contributed by atoms with Gasteiger partial charge in [0, 0.05) is 20.1 Å². The van der Waals surface area contributed by atoms with Gasteiger partial charge in [0.1, 0.15) is 18.1 Å². The number of aliphatic hydroxyl groups excluding tert-OH is 2. The van der Waals surface area contributed by atoms with E-state index in [1.54, 1.807) is 10.9 Å². The lowest BCUT2D eigenvalue weighted by Gasteiger charge is -2.20. The third-order valence-electron chi connectivity index (χ3n) is 2.91. The summed E-state index contributed by atoms with van der Waals surface area (Å²) in [7, 11) is 1.53. The first-order valence-corrected chi connectivity index (χ1v) is 5.92. The number of methoxy groups -OCH3 is 1. The molecule has 0 unspecified atom stereocenters. The summed E-state index contributed by atoms with van der Waals surface area (Å²) in [5.41, 5.74) is 6.76. The van der Waals surface area contributed by atoms with Crippen LogP contribution in [-0.4, -0.2) is 49.6 Å². The lowest BCUT2D eigenvalue weighted by atomic mass is 10.2. The number of nitrogens with zero attached hydrogens (tertiary/aromatic N) is 4. The molecule has 2 atom stereocenters. The Bertz CT molecular complexity index is 544. The highest BCUT2D eigenvalue weighted by molar-refractivity contribution is 5.81. The van der Waals surface area contributed by atoms with Crippen molar-refractivity contribution < 1.29 is 14.9 Å². The van der Waals surface area contributed by atoms with Crippen LogP contribution in [0.2, 0.25) is 0 Å². The van der Waals surface area contributed by atoms with Gasteiger partial charge >= 0.3 is 0 Å². The zero-order chi connectivity index (χ0) is 13.8. The fourth-order valence-corrected chi connectivity index (χ4v) is 1.90. The van der Waals surface area contributed by atoms with Gasteiger partial charge in [0.25, 0.3) is 0 Å². The summed E-state index contributed by atoms with van der Waals surface area (Å²) in [5, 5.41) is 18.5. The van der Waals surface area contributed by atoms with Crippen LogP contribution in [0.15, 0.2) is 12.7 Å². The van der Waals surface area contributed by atoms with Crippen LogP contribution in [0.1, 0.15) is 19.1 Å². The molecule has 0 saturated carbocycles. The largest absolute Gasteiger partial charge is 0.396 e. The van der Waals surface area contributed by atoms with E-state index < -0.39 is 12.3 Å². The Kier molecular flexibility index (Phi) is 4.25. The number of imidazole rings is 1. The molecule has 0 fully saturated rings. The Morgan fingerprint density at radius 1 is 1.42 bits per heavy atom. The van der Waals surface area contributed by atoms with Gasteiger partial charge < -0.3 is 20.7 Å². The Labute approximate surface area is 109 Å². The van der Waals surface area contributed by atoms with E-state index in [1.807, 2.05) is 0 Å². The van der Waals surface area contributed by atoms with Crippen molar-refractivity contribution in [1.82, 2.24) is 19.5 Å². The quantitative estimate of drug-likeness (QED) is 0.656. The molecule has 0 bridgehead atoms. The number of hydrogen-bond donors (Lipinski definition) is 3. The predicted molar refractivity (Wildman–Crippen MR) is 68.1 cm³/mol.